The number of nitrogens with zero attached hydrogens (tertiary/aromatic N) is 2. The fraction of sp³-hybridized carbons (Fsp3) is 0.125. The van der Waals surface area contributed by atoms with E-state index in [2.05, 4.69) is 20.3 Å². The number of carboxylic acid groups (broad SMARTS) is 1. The van der Waals surface area contributed by atoms with Crippen LogP contribution in [-0.4, -0.2) is 38.0 Å². The number of fused-ring (bicyclic) bond motifs is 1. The number of hydrogen-bond acceptors (Lipinski definition) is 4. The van der Waals surface area contributed by atoms with Gasteiger partial charge in [-0.1, -0.05) is 18.2 Å². The van der Waals surface area contributed by atoms with Crippen molar-refractivity contribution in [3.8, 4) is 0 Å². The molecule has 116 valence electrons. The van der Waals surface area contributed by atoms with E-state index in [1.54, 1.807) is 6.20 Å². The molecular formula is C16H14N4O3. The molecular weight excluding hydrogens is 296 g/mol. The van der Waals surface area contributed by atoms with Crippen LogP contribution in [0.15, 0.2) is 49.1 Å². The second kappa shape index (κ2) is 6.27. The Labute approximate surface area is 131 Å². The summed E-state index contributed by atoms with van der Waals surface area (Å²) < 4.78 is 0. The lowest BCUT2D eigenvalue weighted by Gasteiger charge is -2.13. The minimum absolute atomic E-state index is 0.0812. The van der Waals surface area contributed by atoms with Crippen LogP contribution in [0.1, 0.15) is 16.1 Å². The number of amides is 1. The summed E-state index contributed by atoms with van der Waals surface area (Å²) in [5.41, 5.74) is 1.83. The number of hydrogen-bond donors (Lipinski definition) is 3. The zero-order chi connectivity index (χ0) is 16.2. The number of aromatic amines is 1. The second-order valence-corrected chi connectivity index (χ2v) is 5.02. The van der Waals surface area contributed by atoms with Gasteiger partial charge in [0.05, 0.1) is 6.20 Å². The monoisotopic (exact) mass is 310 g/mol. The highest BCUT2D eigenvalue weighted by molar-refractivity contribution is 5.95. The molecule has 3 rings (SSSR count). The van der Waals surface area contributed by atoms with E-state index >= 15 is 0 Å². The molecule has 1 amide bonds. The summed E-state index contributed by atoms with van der Waals surface area (Å²) >= 11 is 0. The molecule has 0 unspecified atom stereocenters. The van der Waals surface area contributed by atoms with Gasteiger partial charge in [-0.2, -0.15) is 0 Å². The Balaban J connectivity index is 1.80. The average molecular weight is 310 g/mol. The Morgan fingerprint density at radius 1 is 1.26 bits per heavy atom. The van der Waals surface area contributed by atoms with Gasteiger partial charge in [0.15, 0.2) is 0 Å². The minimum atomic E-state index is -1.10. The summed E-state index contributed by atoms with van der Waals surface area (Å²) in [4.78, 5) is 34.3. The molecule has 0 saturated carbocycles. The summed E-state index contributed by atoms with van der Waals surface area (Å²) in [6, 6.07) is 6.54. The van der Waals surface area contributed by atoms with Gasteiger partial charge in [-0.15, -0.1) is 0 Å². The van der Waals surface area contributed by atoms with Crippen molar-refractivity contribution in [2.24, 2.45) is 0 Å². The van der Waals surface area contributed by atoms with E-state index in [1.807, 2.05) is 24.3 Å². The standard InChI is InChI=1S/C16H14N4O3/c21-15(14-9-17-5-6-18-14)20-13(16(22)23)7-10-8-19-12-4-2-1-3-11(10)12/h1-6,8-9,13,19H,7H2,(H,20,21)(H,22,23)/t13-/m1/s1. The maximum atomic E-state index is 12.1. The number of nitrogens with one attached hydrogen (secondary N) is 2. The minimum Gasteiger partial charge on any atom is -0.480 e. The van der Waals surface area contributed by atoms with E-state index in [0.29, 0.717) is 0 Å². The van der Waals surface area contributed by atoms with Gasteiger partial charge in [-0.3, -0.25) is 9.78 Å². The average Bonchev–Trinajstić information content (AvgIpc) is 2.98. The highest BCUT2D eigenvalue weighted by Gasteiger charge is 2.23. The van der Waals surface area contributed by atoms with Crippen molar-refractivity contribution < 1.29 is 14.7 Å². The van der Waals surface area contributed by atoms with Crippen molar-refractivity contribution in [1.82, 2.24) is 20.3 Å². The molecule has 7 heteroatoms. The van der Waals surface area contributed by atoms with Crippen LogP contribution in [0.2, 0.25) is 0 Å². The molecule has 7 nitrogen and oxygen atoms in total. The van der Waals surface area contributed by atoms with Crippen molar-refractivity contribution in [1.29, 1.82) is 0 Å². The lowest BCUT2D eigenvalue weighted by Crippen LogP contribution is -2.42. The molecule has 0 spiro atoms. The zero-order valence-electron chi connectivity index (χ0n) is 12.1. The quantitative estimate of drug-likeness (QED) is 0.660. The highest BCUT2D eigenvalue weighted by atomic mass is 16.4. The number of rotatable bonds is 5. The van der Waals surface area contributed by atoms with Crippen LogP contribution < -0.4 is 5.32 Å². The van der Waals surface area contributed by atoms with Crippen molar-refractivity contribution in [3.05, 3.63) is 60.3 Å². The van der Waals surface area contributed by atoms with E-state index in [9.17, 15) is 14.7 Å². The maximum Gasteiger partial charge on any atom is 0.326 e. The number of H-pyrrole nitrogens is 1. The third-order valence-corrected chi connectivity index (χ3v) is 3.50. The van der Waals surface area contributed by atoms with E-state index in [4.69, 9.17) is 0 Å². The number of aromatic nitrogens is 3. The number of para-hydroxylation sites is 1. The highest BCUT2D eigenvalue weighted by Crippen LogP contribution is 2.19. The molecule has 23 heavy (non-hydrogen) atoms. The molecule has 0 aliphatic rings. The van der Waals surface area contributed by atoms with Crippen molar-refractivity contribution in [2.75, 3.05) is 0 Å². The van der Waals surface area contributed by atoms with Gasteiger partial charge < -0.3 is 15.4 Å². The summed E-state index contributed by atoms with van der Waals surface area (Å²) in [6.45, 7) is 0. The topological polar surface area (TPSA) is 108 Å². The smallest absolute Gasteiger partial charge is 0.326 e. The van der Waals surface area contributed by atoms with Crippen LogP contribution in [0.4, 0.5) is 0 Å². The normalized spacial score (nSPS) is 12.0. The van der Waals surface area contributed by atoms with Gasteiger partial charge in [0.25, 0.3) is 5.91 Å². The predicted octanol–water partition coefficient (Wildman–Crippen LogP) is 1.38. The molecule has 1 atom stereocenters. The molecule has 0 saturated heterocycles. The lowest BCUT2D eigenvalue weighted by atomic mass is 10.0. The summed E-state index contributed by atoms with van der Waals surface area (Å²) in [5, 5.41) is 12.8. The van der Waals surface area contributed by atoms with Gasteiger partial charge in [0.1, 0.15) is 11.7 Å². The Morgan fingerprint density at radius 2 is 2.09 bits per heavy atom. The van der Waals surface area contributed by atoms with Gasteiger partial charge in [-0.25, -0.2) is 9.78 Å². The Hall–Kier alpha value is -3.22. The van der Waals surface area contributed by atoms with Crippen LogP contribution in [0.5, 0.6) is 0 Å². The Kier molecular flexibility index (Phi) is 4.01. The van der Waals surface area contributed by atoms with Gasteiger partial charge in [0, 0.05) is 35.9 Å². The number of carboxylic acids is 1. The molecule has 0 bridgehead atoms. The maximum absolute atomic E-state index is 12.1. The fourth-order valence-electron chi connectivity index (χ4n) is 2.37. The number of carbonyl (C=O) groups is 2. The van der Waals surface area contributed by atoms with E-state index < -0.39 is 17.9 Å². The van der Waals surface area contributed by atoms with E-state index in [1.165, 1.54) is 18.6 Å². The first kappa shape index (κ1) is 14.7. The molecule has 0 radical (unpaired) electrons. The Bertz CT molecular complexity index is 845. The molecule has 2 aromatic heterocycles. The molecule has 0 fully saturated rings. The molecule has 1 aromatic carbocycles. The third kappa shape index (κ3) is 3.18. The molecule has 2 heterocycles. The summed E-state index contributed by atoms with van der Waals surface area (Å²) in [6.07, 6.45) is 6.04. The van der Waals surface area contributed by atoms with Crippen LogP contribution in [0.25, 0.3) is 10.9 Å². The van der Waals surface area contributed by atoms with Crippen LogP contribution >= 0.6 is 0 Å². The number of carbonyl (C=O) groups excluding carboxylic acids is 1. The zero-order valence-corrected chi connectivity index (χ0v) is 12.1. The number of aliphatic carboxylic acids is 1. The van der Waals surface area contributed by atoms with Crippen molar-refractivity contribution in [2.45, 2.75) is 12.5 Å². The van der Waals surface area contributed by atoms with Gasteiger partial charge in [0.2, 0.25) is 0 Å². The van der Waals surface area contributed by atoms with Crippen LogP contribution in [0, 0.1) is 0 Å². The molecule has 3 N–H and O–H groups in total. The van der Waals surface area contributed by atoms with E-state index in [-0.39, 0.29) is 12.1 Å². The first-order chi connectivity index (χ1) is 11.1. The number of benzene rings is 1. The molecule has 0 aliphatic heterocycles. The van der Waals surface area contributed by atoms with Crippen molar-refractivity contribution in [3.63, 3.8) is 0 Å². The SMILES string of the molecule is O=C(N[C@H](Cc1c[nH]c2ccccc12)C(=O)O)c1cnccn1. The van der Waals surface area contributed by atoms with Crippen LogP contribution in [0.3, 0.4) is 0 Å². The summed E-state index contributed by atoms with van der Waals surface area (Å²) in [7, 11) is 0. The third-order valence-electron chi connectivity index (χ3n) is 3.50. The van der Waals surface area contributed by atoms with Gasteiger partial charge >= 0.3 is 5.97 Å². The Morgan fingerprint density at radius 3 is 2.83 bits per heavy atom. The van der Waals surface area contributed by atoms with Crippen molar-refractivity contribution >= 4 is 22.8 Å². The largest absolute Gasteiger partial charge is 0.480 e. The first-order valence-corrected chi connectivity index (χ1v) is 7.00. The predicted molar refractivity (Wildman–Crippen MR) is 82.9 cm³/mol. The fourth-order valence-corrected chi connectivity index (χ4v) is 2.37. The molecule has 0 aliphatic carbocycles. The van der Waals surface area contributed by atoms with Crippen LogP contribution in [-0.2, 0) is 11.2 Å². The second-order valence-electron chi connectivity index (χ2n) is 5.02. The summed E-state index contributed by atoms with van der Waals surface area (Å²) in [5.74, 6) is -1.67. The first-order valence-electron chi connectivity index (χ1n) is 7.00. The molecule has 3 aromatic rings. The van der Waals surface area contributed by atoms with E-state index in [0.717, 1.165) is 16.5 Å². The van der Waals surface area contributed by atoms with Gasteiger partial charge in [-0.05, 0) is 11.6 Å². The lowest BCUT2D eigenvalue weighted by molar-refractivity contribution is -0.139.